The monoisotopic (exact) mass is 270 g/mol. The lowest BCUT2D eigenvalue weighted by molar-refractivity contribution is -0.137. The third-order valence-electron chi connectivity index (χ3n) is 2.13. The van der Waals surface area contributed by atoms with Crippen LogP contribution in [-0.4, -0.2) is 35.1 Å². The highest BCUT2D eigenvalue weighted by atomic mass is 19.1. The minimum Gasteiger partial charge on any atom is -0.480 e. The Kier molecular flexibility index (Phi) is 4.99. The highest BCUT2D eigenvalue weighted by Gasteiger charge is 2.17. The summed E-state index contributed by atoms with van der Waals surface area (Å²) in [5, 5.41) is 10.7. The van der Waals surface area contributed by atoms with Gasteiger partial charge >= 0.3 is 12.0 Å². The van der Waals surface area contributed by atoms with Crippen molar-refractivity contribution < 1.29 is 23.5 Å². The molecule has 0 unspecified atom stereocenters. The topological polar surface area (TPSA) is 69.6 Å². The van der Waals surface area contributed by atoms with E-state index in [4.69, 9.17) is 5.11 Å². The van der Waals surface area contributed by atoms with Gasteiger partial charge in [0.2, 0.25) is 0 Å². The molecule has 0 bridgehead atoms. The molecule has 0 saturated carbocycles. The molecule has 2 N–H and O–H groups in total. The van der Waals surface area contributed by atoms with Crippen molar-refractivity contribution in [2.45, 2.75) is 0 Å². The van der Waals surface area contributed by atoms with E-state index in [-0.39, 0.29) is 12.2 Å². The van der Waals surface area contributed by atoms with Crippen molar-refractivity contribution in [1.82, 2.24) is 4.90 Å². The summed E-state index contributed by atoms with van der Waals surface area (Å²) in [6.07, 6.45) is 1.32. The van der Waals surface area contributed by atoms with Gasteiger partial charge in [-0.15, -0.1) is 6.58 Å². The molecule has 2 amide bonds. The molecule has 0 spiro atoms. The van der Waals surface area contributed by atoms with E-state index in [2.05, 4.69) is 11.9 Å². The number of nitrogens with one attached hydrogen (secondary N) is 1. The van der Waals surface area contributed by atoms with Gasteiger partial charge in [-0.1, -0.05) is 6.08 Å². The fraction of sp³-hybridized carbons (Fsp3) is 0.167. The first-order valence-corrected chi connectivity index (χ1v) is 5.27. The molecule has 7 heteroatoms. The number of rotatable bonds is 5. The Labute approximate surface area is 108 Å². The minimum atomic E-state index is -1.23. The first kappa shape index (κ1) is 14.6. The van der Waals surface area contributed by atoms with Gasteiger partial charge in [0.15, 0.2) is 0 Å². The van der Waals surface area contributed by atoms with Crippen LogP contribution in [0.2, 0.25) is 0 Å². The second-order valence-electron chi connectivity index (χ2n) is 3.62. The molecule has 0 saturated heterocycles. The van der Waals surface area contributed by atoms with E-state index >= 15 is 0 Å². The van der Waals surface area contributed by atoms with Crippen molar-refractivity contribution in [3.63, 3.8) is 0 Å². The molecule has 19 heavy (non-hydrogen) atoms. The minimum absolute atomic E-state index is 0.0327. The van der Waals surface area contributed by atoms with Crippen molar-refractivity contribution >= 4 is 17.7 Å². The summed E-state index contributed by atoms with van der Waals surface area (Å²) in [5.74, 6) is -2.76. The van der Waals surface area contributed by atoms with Gasteiger partial charge in [0.1, 0.15) is 18.2 Å². The molecule has 1 aromatic carbocycles. The average Bonchev–Trinajstić information content (AvgIpc) is 2.32. The van der Waals surface area contributed by atoms with Crippen LogP contribution >= 0.6 is 0 Å². The zero-order valence-electron chi connectivity index (χ0n) is 9.90. The summed E-state index contributed by atoms with van der Waals surface area (Å²) in [7, 11) is 0. The number of carbonyl (C=O) groups is 2. The number of nitrogens with zero attached hydrogens (tertiary/aromatic N) is 1. The number of carboxylic acid groups (broad SMARTS) is 1. The van der Waals surface area contributed by atoms with Crippen LogP contribution in [0.15, 0.2) is 30.9 Å². The highest BCUT2D eigenvalue weighted by Crippen LogP contribution is 2.15. The van der Waals surface area contributed by atoms with E-state index in [9.17, 15) is 18.4 Å². The maximum Gasteiger partial charge on any atom is 0.323 e. The maximum absolute atomic E-state index is 13.3. The molecule has 0 heterocycles. The van der Waals surface area contributed by atoms with Crippen molar-refractivity contribution in [2.75, 3.05) is 18.4 Å². The van der Waals surface area contributed by atoms with E-state index in [1.54, 1.807) is 0 Å². The number of amides is 2. The van der Waals surface area contributed by atoms with Gasteiger partial charge in [-0.3, -0.25) is 4.79 Å². The second-order valence-corrected chi connectivity index (χ2v) is 3.62. The van der Waals surface area contributed by atoms with Gasteiger partial charge in [0.05, 0.1) is 5.69 Å². The molecule has 0 aliphatic rings. The number of anilines is 1. The van der Waals surface area contributed by atoms with Crippen molar-refractivity contribution in [1.29, 1.82) is 0 Å². The van der Waals surface area contributed by atoms with E-state index < -0.39 is 30.2 Å². The zero-order valence-corrected chi connectivity index (χ0v) is 9.90. The van der Waals surface area contributed by atoms with Gasteiger partial charge in [-0.05, 0) is 12.1 Å². The predicted molar refractivity (Wildman–Crippen MR) is 64.8 cm³/mol. The Morgan fingerprint density at radius 2 is 2.11 bits per heavy atom. The number of hydrogen-bond donors (Lipinski definition) is 2. The lowest BCUT2D eigenvalue weighted by Gasteiger charge is -2.19. The molecule has 0 aliphatic heterocycles. The van der Waals surface area contributed by atoms with Gasteiger partial charge in [0.25, 0.3) is 0 Å². The quantitative estimate of drug-likeness (QED) is 0.805. The summed E-state index contributed by atoms with van der Waals surface area (Å²) in [6.45, 7) is 2.77. The fourth-order valence-corrected chi connectivity index (χ4v) is 1.33. The second kappa shape index (κ2) is 6.48. The van der Waals surface area contributed by atoms with Crippen molar-refractivity contribution in [3.05, 3.63) is 42.5 Å². The van der Waals surface area contributed by atoms with Crippen molar-refractivity contribution in [2.24, 2.45) is 0 Å². The van der Waals surface area contributed by atoms with Gasteiger partial charge in [-0.2, -0.15) is 0 Å². The standard InChI is InChI=1S/C12H12F2N2O3/c1-2-5-16(7-11(17)18)12(19)15-10-6-8(13)3-4-9(10)14/h2-4,6H,1,5,7H2,(H,15,19)(H,17,18). The fourth-order valence-electron chi connectivity index (χ4n) is 1.33. The zero-order chi connectivity index (χ0) is 14.4. The van der Waals surface area contributed by atoms with Crippen LogP contribution in [-0.2, 0) is 4.79 Å². The first-order valence-electron chi connectivity index (χ1n) is 5.27. The molecular formula is C12H12F2N2O3. The van der Waals surface area contributed by atoms with Gasteiger partial charge in [-0.25, -0.2) is 13.6 Å². The normalized spacial score (nSPS) is 9.79. The number of carboxylic acids is 1. The summed E-state index contributed by atoms with van der Waals surface area (Å²) in [5.41, 5.74) is -0.357. The van der Waals surface area contributed by atoms with Crippen molar-refractivity contribution in [3.8, 4) is 0 Å². The van der Waals surface area contributed by atoms with E-state index in [0.717, 1.165) is 23.1 Å². The summed E-state index contributed by atoms with van der Waals surface area (Å²) in [4.78, 5) is 23.2. The lowest BCUT2D eigenvalue weighted by atomic mass is 10.3. The molecule has 102 valence electrons. The highest BCUT2D eigenvalue weighted by molar-refractivity contribution is 5.91. The molecular weight excluding hydrogens is 258 g/mol. The van der Waals surface area contributed by atoms with Crippen LogP contribution < -0.4 is 5.32 Å². The molecule has 0 atom stereocenters. The molecule has 0 radical (unpaired) electrons. The van der Waals surface area contributed by atoms with Crippen LogP contribution in [0, 0.1) is 11.6 Å². The van der Waals surface area contributed by atoms with E-state index in [0.29, 0.717) is 0 Å². The number of urea groups is 1. The molecule has 0 aromatic heterocycles. The smallest absolute Gasteiger partial charge is 0.323 e. The Morgan fingerprint density at radius 1 is 1.42 bits per heavy atom. The number of aliphatic carboxylic acids is 1. The van der Waals surface area contributed by atoms with Crippen LogP contribution in [0.4, 0.5) is 19.3 Å². The predicted octanol–water partition coefficient (Wildman–Crippen LogP) is 2.07. The average molecular weight is 270 g/mol. The summed E-state index contributed by atoms with van der Waals surface area (Å²) < 4.78 is 26.2. The number of benzene rings is 1. The molecule has 1 aromatic rings. The third kappa shape index (κ3) is 4.38. The lowest BCUT2D eigenvalue weighted by Crippen LogP contribution is -2.39. The maximum atomic E-state index is 13.3. The SMILES string of the molecule is C=CCN(CC(=O)O)C(=O)Nc1cc(F)ccc1F. The molecule has 0 fully saturated rings. The largest absolute Gasteiger partial charge is 0.480 e. The molecule has 1 rings (SSSR count). The number of hydrogen-bond acceptors (Lipinski definition) is 2. The van der Waals surface area contributed by atoms with E-state index in [1.807, 2.05) is 0 Å². The Balaban J connectivity index is 2.83. The van der Waals surface area contributed by atoms with Crippen LogP contribution in [0.5, 0.6) is 0 Å². The number of carbonyl (C=O) groups excluding carboxylic acids is 1. The third-order valence-corrected chi connectivity index (χ3v) is 2.13. The Morgan fingerprint density at radius 3 is 2.68 bits per heavy atom. The Hall–Kier alpha value is -2.44. The Bertz CT molecular complexity index is 506. The van der Waals surface area contributed by atoms with E-state index in [1.165, 1.54) is 6.08 Å². The molecule has 0 aliphatic carbocycles. The summed E-state index contributed by atoms with van der Waals surface area (Å²) in [6, 6.07) is 1.72. The summed E-state index contributed by atoms with van der Waals surface area (Å²) >= 11 is 0. The van der Waals surface area contributed by atoms with Crippen LogP contribution in [0.25, 0.3) is 0 Å². The van der Waals surface area contributed by atoms with Crippen LogP contribution in [0.3, 0.4) is 0 Å². The molecule has 5 nitrogen and oxygen atoms in total. The van der Waals surface area contributed by atoms with Crippen LogP contribution in [0.1, 0.15) is 0 Å². The number of halogens is 2. The first-order chi connectivity index (χ1) is 8.93. The van der Waals surface area contributed by atoms with Gasteiger partial charge < -0.3 is 15.3 Å². The van der Waals surface area contributed by atoms with Gasteiger partial charge in [0, 0.05) is 12.6 Å².